The zero-order chi connectivity index (χ0) is 13.0. The molecule has 1 aliphatic rings. The first-order valence-electron chi connectivity index (χ1n) is 6.93. The summed E-state index contributed by atoms with van der Waals surface area (Å²) in [5.41, 5.74) is 1.96. The smallest absolute Gasteiger partial charge is 0.0991 e. The van der Waals surface area contributed by atoms with Crippen LogP contribution in [0.25, 0.3) is 0 Å². The fraction of sp³-hybridized carbons (Fsp3) is 0.562. The highest BCUT2D eigenvalue weighted by atomic mass is 14.9. The molecule has 2 atom stereocenters. The minimum Gasteiger partial charge on any atom is -0.309 e. The van der Waals surface area contributed by atoms with Gasteiger partial charge in [-0.05, 0) is 42.4 Å². The summed E-state index contributed by atoms with van der Waals surface area (Å²) < 4.78 is 0. The quantitative estimate of drug-likeness (QED) is 0.881. The molecule has 1 aliphatic carbocycles. The minimum absolute atomic E-state index is 0.615. The molecule has 1 fully saturated rings. The van der Waals surface area contributed by atoms with Crippen molar-refractivity contribution in [3.8, 4) is 6.07 Å². The Balaban J connectivity index is 1.96. The Kier molecular flexibility index (Phi) is 4.38. The second kappa shape index (κ2) is 6.02. The number of rotatable bonds is 3. The van der Waals surface area contributed by atoms with E-state index < -0.39 is 0 Å². The van der Waals surface area contributed by atoms with E-state index in [9.17, 15) is 0 Å². The summed E-state index contributed by atoms with van der Waals surface area (Å²) in [6, 6.07) is 10.7. The lowest BCUT2D eigenvalue weighted by atomic mass is 9.78. The molecule has 2 nitrogen and oxygen atoms in total. The van der Waals surface area contributed by atoms with Crippen molar-refractivity contribution in [3.63, 3.8) is 0 Å². The van der Waals surface area contributed by atoms with Gasteiger partial charge in [0.2, 0.25) is 0 Å². The molecule has 0 amide bonds. The van der Waals surface area contributed by atoms with Crippen molar-refractivity contribution in [2.24, 2.45) is 11.8 Å². The molecular weight excluding hydrogens is 220 g/mol. The van der Waals surface area contributed by atoms with E-state index in [1.54, 1.807) is 0 Å². The second-order valence-corrected chi connectivity index (χ2v) is 5.60. The van der Waals surface area contributed by atoms with Crippen LogP contribution in [0, 0.1) is 23.2 Å². The Morgan fingerprint density at radius 2 is 2.00 bits per heavy atom. The fourth-order valence-electron chi connectivity index (χ4n) is 3.07. The van der Waals surface area contributed by atoms with Gasteiger partial charge in [-0.25, -0.2) is 0 Å². The van der Waals surface area contributed by atoms with E-state index in [0.29, 0.717) is 6.04 Å². The van der Waals surface area contributed by atoms with E-state index in [2.05, 4.69) is 31.3 Å². The van der Waals surface area contributed by atoms with Crippen molar-refractivity contribution in [1.29, 1.82) is 5.26 Å². The Morgan fingerprint density at radius 1 is 1.28 bits per heavy atom. The Bertz CT molecular complexity index is 423. The zero-order valence-electron chi connectivity index (χ0n) is 11.3. The molecule has 1 aromatic rings. The molecular formula is C16H22N2. The molecule has 2 rings (SSSR count). The lowest BCUT2D eigenvalue weighted by molar-refractivity contribution is 0.207. The minimum atomic E-state index is 0.615. The molecule has 18 heavy (non-hydrogen) atoms. The summed E-state index contributed by atoms with van der Waals surface area (Å²) in [4.78, 5) is 0. The van der Waals surface area contributed by atoms with Gasteiger partial charge in [0.15, 0.2) is 0 Å². The van der Waals surface area contributed by atoms with Gasteiger partial charge in [-0.1, -0.05) is 32.4 Å². The average molecular weight is 242 g/mol. The van der Waals surface area contributed by atoms with Gasteiger partial charge in [0, 0.05) is 12.6 Å². The summed E-state index contributed by atoms with van der Waals surface area (Å²) in [6.07, 6.45) is 4.03. The maximum atomic E-state index is 8.89. The van der Waals surface area contributed by atoms with E-state index in [4.69, 9.17) is 5.26 Å². The molecule has 0 heterocycles. The fourth-order valence-corrected chi connectivity index (χ4v) is 3.07. The van der Waals surface area contributed by atoms with E-state index in [1.165, 1.54) is 24.8 Å². The van der Waals surface area contributed by atoms with Crippen LogP contribution < -0.4 is 5.32 Å². The van der Waals surface area contributed by atoms with Crippen LogP contribution in [0.3, 0.4) is 0 Å². The van der Waals surface area contributed by atoms with Crippen molar-refractivity contribution >= 4 is 0 Å². The van der Waals surface area contributed by atoms with Crippen LogP contribution in [0.15, 0.2) is 24.3 Å². The van der Waals surface area contributed by atoms with Crippen LogP contribution in [0.2, 0.25) is 0 Å². The maximum Gasteiger partial charge on any atom is 0.0991 e. The van der Waals surface area contributed by atoms with Crippen LogP contribution in [-0.2, 0) is 6.54 Å². The number of nitrogens with zero attached hydrogens (tertiary/aromatic N) is 1. The molecule has 1 aromatic carbocycles. The molecule has 0 bridgehead atoms. The Labute approximate surface area is 110 Å². The average Bonchev–Trinajstić information content (AvgIpc) is 2.38. The van der Waals surface area contributed by atoms with Crippen LogP contribution in [0.5, 0.6) is 0 Å². The van der Waals surface area contributed by atoms with Crippen LogP contribution in [0.4, 0.5) is 0 Å². The predicted octanol–water partition coefficient (Wildman–Crippen LogP) is 3.47. The van der Waals surface area contributed by atoms with Gasteiger partial charge in [0.05, 0.1) is 11.6 Å². The maximum absolute atomic E-state index is 8.89. The van der Waals surface area contributed by atoms with E-state index in [-0.39, 0.29) is 0 Å². The van der Waals surface area contributed by atoms with Crippen molar-refractivity contribution in [2.45, 2.75) is 45.7 Å². The first kappa shape index (κ1) is 13.1. The first-order chi connectivity index (χ1) is 8.70. The highest BCUT2D eigenvalue weighted by molar-refractivity contribution is 5.32. The van der Waals surface area contributed by atoms with Crippen molar-refractivity contribution in [3.05, 3.63) is 35.4 Å². The van der Waals surface area contributed by atoms with Crippen LogP contribution in [-0.4, -0.2) is 6.04 Å². The summed E-state index contributed by atoms with van der Waals surface area (Å²) in [7, 11) is 0. The molecule has 1 N–H and O–H groups in total. The monoisotopic (exact) mass is 242 g/mol. The van der Waals surface area contributed by atoms with Gasteiger partial charge in [-0.15, -0.1) is 0 Å². The molecule has 0 radical (unpaired) electrons. The summed E-state index contributed by atoms with van der Waals surface area (Å²) >= 11 is 0. The molecule has 0 spiro atoms. The highest BCUT2D eigenvalue weighted by Gasteiger charge is 2.26. The second-order valence-electron chi connectivity index (χ2n) is 5.60. The normalized spacial score (nSPS) is 27.7. The van der Waals surface area contributed by atoms with Gasteiger partial charge >= 0.3 is 0 Å². The van der Waals surface area contributed by atoms with Gasteiger partial charge in [0.25, 0.3) is 0 Å². The van der Waals surface area contributed by atoms with Crippen LogP contribution in [0.1, 0.15) is 44.2 Å². The van der Waals surface area contributed by atoms with E-state index in [1.807, 2.05) is 18.2 Å². The predicted molar refractivity (Wildman–Crippen MR) is 74.0 cm³/mol. The Hall–Kier alpha value is -1.33. The number of benzene rings is 1. The summed E-state index contributed by atoms with van der Waals surface area (Å²) in [5.74, 6) is 1.51. The summed E-state index contributed by atoms with van der Waals surface area (Å²) in [5, 5.41) is 12.6. The molecule has 96 valence electrons. The molecule has 0 aromatic heterocycles. The lowest BCUT2D eigenvalue weighted by Crippen LogP contribution is -2.42. The number of hydrogen-bond acceptors (Lipinski definition) is 2. The molecule has 2 heteroatoms. The highest BCUT2D eigenvalue weighted by Crippen LogP contribution is 2.28. The van der Waals surface area contributed by atoms with Gasteiger partial charge < -0.3 is 5.32 Å². The number of nitriles is 1. The molecule has 1 saturated carbocycles. The molecule has 2 unspecified atom stereocenters. The number of nitrogens with one attached hydrogen (secondary N) is 1. The van der Waals surface area contributed by atoms with Gasteiger partial charge in [-0.2, -0.15) is 5.26 Å². The third kappa shape index (κ3) is 3.11. The lowest BCUT2D eigenvalue weighted by Gasteiger charge is -2.35. The summed E-state index contributed by atoms with van der Waals surface area (Å²) in [6.45, 7) is 5.56. The SMILES string of the molecule is CC1CCCC(C)C1NCc1cccc(C#N)c1. The largest absolute Gasteiger partial charge is 0.309 e. The third-order valence-corrected chi connectivity index (χ3v) is 4.14. The van der Waals surface area contributed by atoms with Crippen molar-refractivity contribution < 1.29 is 0 Å². The van der Waals surface area contributed by atoms with Crippen LogP contribution >= 0.6 is 0 Å². The van der Waals surface area contributed by atoms with E-state index >= 15 is 0 Å². The topological polar surface area (TPSA) is 35.8 Å². The van der Waals surface area contributed by atoms with E-state index in [0.717, 1.165) is 23.9 Å². The first-order valence-corrected chi connectivity index (χ1v) is 6.93. The number of hydrogen-bond donors (Lipinski definition) is 1. The zero-order valence-corrected chi connectivity index (χ0v) is 11.3. The van der Waals surface area contributed by atoms with Crippen molar-refractivity contribution in [2.75, 3.05) is 0 Å². The van der Waals surface area contributed by atoms with Gasteiger partial charge in [0.1, 0.15) is 0 Å². The molecule has 0 aliphatic heterocycles. The third-order valence-electron chi connectivity index (χ3n) is 4.14. The standard InChI is InChI=1S/C16H22N2/c1-12-5-3-6-13(2)16(12)18-11-15-8-4-7-14(9-15)10-17/h4,7-9,12-13,16,18H,3,5-6,11H2,1-2H3. The van der Waals surface area contributed by atoms with Gasteiger partial charge in [-0.3, -0.25) is 0 Å². The Morgan fingerprint density at radius 3 is 2.67 bits per heavy atom. The van der Waals surface area contributed by atoms with Crippen molar-refractivity contribution in [1.82, 2.24) is 5.32 Å². The molecule has 0 saturated heterocycles.